The lowest BCUT2D eigenvalue weighted by molar-refractivity contribution is 0.392. The molecule has 2 rings (SSSR count). The highest BCUT2D eigenvalue weighted by atomic mass is 32.1. The summed E-state index contributed by atoms with van der Waals surface area (Å²) in [5.74, 6) is 1.30. The lowest BCUT2D eigenvalue weighted by Crippen LogP contribution is -2.07. The van der Waals surface area contributed by atoms with E-state index in [-0.39, 0.29) is 0 Å². The number of aromatic nitrogens is 3. The molecule has 5 heteroatoms. The monoisotopic (exact) mass is 251 g/mol. The van der Waals surface area contributed by atoms with Gasteiger partial charge in [0.15, 0.2) is 4.77 Å². The first-order chi connectivity index (χ1) is 8.00. The van der Waals surface area contributed by atoms with Gasteiger partial charge in [0.2, 0.25) is 0 Å². The second kappa shape index (κ2) is 4.49. The Kier molecular flexibility index (Phi) is 3.19. The molecule has 1 N–H and O–H groups in total. The summed E-state index contributed by atoms with van der Waals surface area (Å²) in [6, 6.07) is 0. The zero-order valence-electron chi connectivity index (χ0n) is 10.6. The first kappa shape index (κ1) is 12.1. The first-order valence-corrected chi connectivity index (χ1v) is 6.11. The SMILES string of the molecule is Cc1noc(C)c1Cn1c(C(C)C)c[nH]c1=S. The number of rotatable bonds is 3. The summed E-state index contributed by atoms with van der Waals surface area (Å²) in [6.07, 6.45) is 1.98. The van der Waals surface area contributed by atoms with Crippen molar-refractivity contribution >= 4 is 12.2 Å². The summed E-state index contributed by atoms with van der Waals surface area (Å²) < 4.78 is 8.02. The second-order valence-electron chi connectivity index (χ2n) is 4.56. The Bertz CT molecular complexity index is 557. The van der Waals surface area contributed by atoms with Gasteiger partial charge < -0.3 is 14.1 Å². The third kappa shape index (κ3) is 2.20. The van der Waals surface area contributed by atoms with Crippen molar-refractivity contribution in [1.82, 2.24) is 14.7 Å². The van der Waals surface area contributed by atoms with Gasteiger partial charge in [-0.15, -0.1) is 0 Å². The molecule has 2 aromatic heterocycles. The number of aryl methyl sites for hydroxylation is 2. The van der Waals surface area contributed by atoms with Crippen LogP contribution < -0.4 is 0 Å². The van der Waals surface area contributed by atoms with Gasteiger partial charge in [-0.3, -0.25) is 0 Å². The zero-order valence-corrected chi connectivity index (χ0v) is 11.4. The van der Waals surface area contributed by atoms with Crippen LogP contribution in [0.15, 0.2) is 10.7 Å². The number of hydrogen-bond acceptors (Lipinski definition) is 3. The summed E-state index contributed by atoms with van der Waals surface area (Å²) >= 11 is 5.31. The maximum atomic E-state index is 5.31. The lowest BCUT2D eigenvalue weighted by Gasteiger charge is -2.10. The minimum atomic E-state index is 0.434. The van der Waals surface area contributed by atoms with Crippen LogP contribution in [0, 0.1) is 18.6 Å². The third-order valence-electron chi connectivity index (χ3n) is 2.99. The van der Waals surface area contributed by atoms with Crippen molar-refractivity contribution in [3.63, 3.8) is 0 Å². The summed E-state index contributed by atoms with van der Waals surface area (Å²) in [5, 5.41) is 3.97. The van der Waals surface area contributed by atoms with Crippen LogP contribution in [-0.4, -0.2) is 14.7 Å². The van der Waals surface area contributed by atoms with Crippen molar-refractivity contribution in [2.75, 3.05) is 0 Å². The molecule has 0 saturated heterocycles. The number of nitrogens with zero attached hydrogens (tertiary/aromatic N) is 2. The Balaban J connectivity index is 2.43. The van der Waals surface area contributed by atoms with E-state index in [0.717, 1.165) is 28.3 Å². The fraction of sp³-hybridized carbons (Fsp3) is 0.500. The average Bonchev–Trinajstić information content (AvgIpc) is 2.77. The van der Waals surface area contributed by atoms with E-state index in [0.29, 0.717) is 5.92 Å². The van der Waals surface area contributed by atoms with Crippen LogP contribution in [0.5, 0.6) is 0 Å². The number of hydrogen-bond donors (Lipinski definition) is 1. The molecule has 0 bridgehead atoms. The van der Waals surface area contributed by atoms with Gasteiger partial charge in [0, 0.05) is 17.5 Å². The van der Waals surface area contributed by atoms with Crippen molar-refractivity contribution in [3.05, 3.63) is 33.7 Å². The van der Waals surface area contributed by atoms with Gasteiger partial charge in [0.1, 0.15) is 5.76 Å². The Morgan fingerprint density at radius 1 is 1.47 bits per heavy atom. The summed E-state index contributed by atoms with van der Waals surface area (Å²) in [6.45, 7) is 8.92. The first-order valence-electron chi connectivity index (χ1n) is 5.70. The van der Waals surface area contributed by atoms with Gasteiger partial charge in [-0.05, 0) is 32.0 Å². The normalized spacial score (nSPS) is 11.4. The average molecular weight is 251 g/mol. The highest BCUT2D eigenvalue weighted by Crippen LogP contribution is 2.19. The van der Waals surface area contributed by atoms with Crippen LogP contribution in [0.1, 0.15) is 42.5 Å². The molecule has 0 unspecified atom stereocenters. The van der Waals surface area contributed by atoms with E-state index in [9.17, 15) is 0 Å². The Morgan fingerprint density at radius 2 is 2.18 bits per heavy atom. The van der Waals surface area contributed by atoms with E-state index in [2.05, 4.69) is 28.6 Å². The summed E-state index contributed by atoms with van der Waals surface area (Å²) in [4.78, 5) is 3.10. The minimum Gasteiger partial charge on any atom is -0.361 e. The largest absolute Gasteiger partial charge is 0.361 e. The van der Waals surface area contributed by atoms with Crippen LogP contribution in [0.3, 0.4) is 0 Å². The highest BCUT2D eigenvalue weighted by Gasteiger charge is 2.13. The molecule has 0 spiro atoms. The molecular weight excluding hydrogens is 234 g/mol. The van der Waals surface area contributed by atoms with Crippen molar-refractivity contribution in [2.45, 2.75) is 40.2 Å². The summed E-state index contributed by atoms with van der Waals surface area (Å²) in [7, 11) is 0. The molecule has 0 aliphatic heterocycles. The molecule has 92 valence electrons. The van der Waals surface area contributed by atoms with Crippen molar-refractivity contribution in [2.24, 2.45) is 0 Å². The fourth-order valence-electron chi connectivity index (χ4n) is 1.94. The smallest absolute Gasteiger partial charge is 0.177 e. The molecule has 0 aliphatic rings. The van der Waals surface area contributed by atoms with Gasteiger partial charge >= 0.3 is 0 Å². The van der Waals surface area contributed by atoms with Crippen LogP contribution in [-0.2, 0) is 6.54 Å². The fourth-order valence-corrected chi connectivity index (χ4v) is 2.16. The highest BCUT2D eigenvalue weighted by molar-refractivity contribution is 7.71. The van der Waals surface area contributed by atoms with Crippen molar-refractivity contribution in [1.29, 1.82) is 0 Å². The van der Waals surface area contributed by atoms with Crippen LogP contribution in [0.25, 0.3) is 0 Å². The molecule has 0 saturated carbocycles. The van der Waals surface area contributed by atoms with E-state index < -0.39 is 0 Å². The molecule has 0 atom stereocenters. The third-order valence-corrected chi connectivity index (χ3v) is 3.33. The lowest BCUT2D eigenvalue weighted by atomic mass is 10.1. The molecule has 0 radical (unpaired) electrons. The molecule has 2 aromatic rings. The number of imidazole rings is 1. The molecule has 2 heterocycles. The molecule has 0 aliphatic carbocycles. The molecule has 0 amide bonds. The van der Waals surface area contributed by atoms with Crippen LogP contribution in [0.2, 0.25) is 0 Å². The molecule has 0 fully saturated rings. The Morgan fingerprint density at radius 3 is 2.71 bits per heavy atom. The summed E-state index contributed by atoms with van der Waals surface area (Å²) in [5.41, 5.74) is 3.25. The predicted molar refractivity (Wildman–Crippen MR) is 68.8 cm³/mol. The number of H-pyrrole nitrogens is 1. The molecule has 17 heavy (non-hydrogen) atoms. The van der Waals surface area contributed by atoms with E-state index in [1.165, 1.54) is 5.69 Å². The Hall–Kier alpha value is -1.36. The van der Waals surface area contributed by atoms with Gasteiger partial charge in [0.25, 0.3) is 0 Å². The quantitative estimate of drug-likeness (QED) is 0.851. The standard InChI is InChI=1S/C12H17N3OS/c1-7(2)11-5-13-12(17)15(11)6-10-8(3)14-16-9(10)4/h5,7H,6H2,1-4H3,(H,13,17). The van der Waals surface area contributed by atoms with Crippen LogP contribution >= 0.6 is 12.2 Å². The maximum absolute atomic E-state index is 5.31. The van der Waals surface area contributed by atoms with E-state index in [1.807, 2.05) is 20.0 Å². The Labute approximate surface area is 106 Å². The van der Waals surface area contributed by atoms with Gasteiger partial charge in [-0.1, -0.05) is 19.0 Å². The topological polar surface area (TPSA) is 46.8 Å². The second-order valence-corrected chi connectivity index (χ2v) is 4.95. The van der Waals surface area contributed by atoms with Crippen LogP contribution in [0.4, 0.5) is 0 Å². The van der Waals surface area contributed by atoms with E-state index >= 15 is 0 Å². The predicted octanol–water partition coefficient (Wildman–Crippen LogP) is 3.32. The molecular formula is C12H17N3OS. The molecule has 4 nitrogen and oxygen atoms in total. The maximum Gasteiger partial charge on any atom is 0.177 e. The van der Waals surface area contributed by atoms with Gasteiger partial charge in [0.05, 0.1) is 12.2 Å². The van der Waals surface area contributed by atoms with Gasteiger partial charge in [-0.25, -0.2) is 0 Å². The van der Waals surface area contributed by atoms with Crippen molar-refractivity contribution < 1.29 is 4.52 Å². The van der Waals surface area contributed by atoms with Gasteiger partial charge in [-0.2, -0.15) is 0 Å². The minimum absolute atomic E-state index is 0.434. The van der Waals surface area contributed by atoms with Crippen molar-refractivity contribution in [3.8, 4) is 0 Å². The number of nitrogens with one attached hydrogen (secondary N) is 1. The zero-order chi connectivity index (χ0) is 12.6. The van der Waals surface area contributed by atoms with E-state index in [4.69, 9.17) is 16.7 Å². The number of aromatic amines is 1. The molecule has 0 aromatic carbocycles. The van der Waals surface area contributed by atoms with E-state index in [1.54, 1.807) is 0 Å².